The Kier molecular flexibility index (Phi) is 4.66. The number of nitrogens with zero attached hydrogens (tertiary/aromatic N) is 2. The first-order valence-corrected chi connectivity index (χ1v) is 9.06. The van der Waals surface area contributed by atoms with Crippen molar-refractivity contribution in [2.45, 2.75) is 49.9 Å². The van der Waals surface area contributed by atoms with E-state index in [-0.39, 0.29) is 18.7 Å². The molecule has 2 saturated heterocycles. The summed E-state index contributed by atoms with van der Waals surface area (Å²) in [6.45, 7) is 0.148. The highest BCUT2D eigenvalue weighted by atomic mass is 32.3. The van der Waals surface area contributed by atoms with Gasteiger partial charge < -0.3 is 10.2 Å². The Morgan fingerprint density at radius 3 is 2.62 bits per heavy atom. The fourth-order valence-electron chi connectivity index (χ4n) is 3.25. The minimum atomic E-state index is -4.80. The fourth-order valence-corrected chi connectivity index (χ4v) is 3.64. The van der Waals surface area contributed by atoms with E-state index < -0.39 is 34.4 Å². The molecule has 3 aliphatic rings. The van der Waals surface area contributed by atoms with Crippen LogP contribution >= 0.6 is 0 Å². The van der Waals surface area contributed by atoms with Gasteiger partial charge in [-0.2, -0.15) is 13.5 Å². The van der Waals surface area contributed by atoms with Crippen molar-refractivity contribution in [3.8, 4) is 0 Å². The first-order chi connectivity index (χ1) is 11.3. The summed E-state index contributed by atoms with van der Waals surface area (Å²) in [6, 6.07) is -1.87. The van der Waals surface area contributed by atoms with Gasteiger partial charge in [0.1, 0.15) is 12.1 Å². The molecule has 0 spiro atoms. The van der Waals surface area contributed by atoms with Crippen molar-refractivity contribution in [2.24, 2.45) is 0 Å². The quantitative estimate of drug-likeness (QED) is 0.394. The summed E-state index contributed by atoms with van der Waals surface area (Å²) < 4.78 is 34.7. The number of amides is 3. The SMILES string of the molecule is CNC1CCC1ONC(=O)[C@@H]1CC[C@@H]2CN1C(=O)N2OS(=O)(=O)O. The van der Waals surface area contributed by atoms with Crippen molar-refractivity contribution >= 4 is 22.3 Å². The number of carbonyl (C=O) groups is 2. The van der Waals surface area contributed by atoms with Crippen LogP contribution in [0.1, 0.15) is 25.7 Å². The van der Waals surface area contributed by atoms with Crippen molar-refractivity contribution < 1.29 is 31.7 Å². The maximum Gasteiger partial charge on any atom is 0.418 e. The molecule has 1 aliphatic carbocycles. The van der Waals surface area contributed by atoms with Crippen LogP contribution in [0.25, 0.3) is 0 Å². The van der Waals surface area contributed by atoms with Crippen LogP contribution in [0.5, 0.6) is 0 Å². The summed E-state index contributed by atoms with van der Waals surface area (Å²) in [5, 5.41) is 3.67. The van der Waals surface area contributed by atoms with Gasteiger partial charge in [0.15, 0.2) is 0 Å². The molecule has 24 heavy (non-hydrogen) atoms. The molecule has 1 saturated carbocycles. The molecule has 4 atom stereocenters. The summed E-state index contributed by atoms with van der Waals surface area (Å²) >= 11 is 0. The number of hydroxylamine groups is 3. The normalized spacial score (nSPS) is 32.7. The number of hydrogen-bond donors (Lipinski definition) is 3. The third-order valence-corrected chi connectivity index (χ3v) is 5.04. The fraction of sp³-hybridized carbons (Fsp3) is 0.833. The Balaban J connectivity index is 1.58. The smallest absolute Gasteiger partial charge is 0.314 e. The molecule has 136 valence electrons. The number of urea groups is 1. The van der Waals surface area contributed by atoms with Crippen LogP contribution in [0.4, 0.5) is 4.79 Å². The minimum absolute atomic E-state index is 0.107. The average Bonchev–Trinajstić information content (AvgIpc) is 2.70. The Labute approximate surface area is 139 Å². The summed E-state index contributed by atoms with van der Waals surface area (Å²) in [5.74, 6) is -0.461. The first kappa shape index (κ1) is 17.4. The summed E-state index contributed by atoms with van der Waals surface area (Å²) in [4.78, 5) is 31.1. The maximum atomic E-state index is 12.3. The zero-order valence-electron chi connectivity index (χ0n) is 13.0. The predicted molar refractivity (Wildman–Crippen MR) is 78.5 cm³/mol. The molecule has 2 heterocycles. The minimum Gasteiger partial charge on any atom is -0.314 e. The Hall–Kier alpha value is -1.47. The van der Waals surface area contributed by atoms with E-state index in [0.717, 1.165) is 12.8 Å². The maximum absolute atomic E-state index is 12.3. The molecule has 11 nitrogen and oxygen atoms in total. The van der Waals surface area contributed by atoms with Crippen LogP contribution < -0.4 is 10.8 Å². The molecule has 2 unspecified atom stereocenters. The Bertz CT molecular complexity index is 625. The Morgan fingerprint density at radius 1 is 1.29 bits per heavy atom. The van der Waals surface area contributed by atoms with Crippen LogP contribution in [0.2, 0.25) is 0 Å². The van der Waals surface area contributed by atoms with E-state index in [2.05, 4.69) is 15.1 Å². The summed E-state index contributed by atoms with van der Waals surface area (Å²) in [7, 11) is -2.98. The largest absolute Gasteiger partial charge is 0.418 e. The molecule has 12 heteroatoms. The van der Waals surface area contributed by atoms with E-state index in [1.807, 2.05) is 7.05 Å². The molecular formula is C12H20N4O7S. The molecule has 2 aliphatic heterocycles. The zero-order valence-corrected chi connectivity index (χ0v) is 13.9. The lowest BCUT2D eigenvalue weighted by atomic mass is 9.89. The van der Waals surface area contributed by atoms with E-state index in [9.17, 15) is 18.0 Å². The van der Waals surface area contributed by atoms with Crippen LogP contribution in [0.15, 0.2) is 0 Å². The van der Waals surface area contributed by atoms with Crippen LogP contribution in [-0.2, 0) is 24.3 Å². The number of nitrogens with one attached hydrogen (secondary N) is 2. The second kappa shape index (κ2) is 6.44. The highest BCUT2D eigenvalue weighted by molar-refractivity contribution is 7.80. The van der Waals surface area contributed by atoms with Crippen LogP contribution in [0.3, 0.4) is 0 Å². The highest BCUT2D eigenvalue weighted by Gasteiger charge is 2.49. The number of carbonyl (C=O) groups excluding carboxylic acids is 2. The highest BCUT2D eigenvalue weighted by Crippen LogP contribution is 2.31. The lowest BCUT2D eigenvalue weighted by Crippen LogP contribution is -2.54. The number of hydrogen-bond acceptors (Lipinski definition) is 7. The summed E-state index contributed by atoms with van der Waals surface area (Å²) in [5.41, 5.74) is 2.39. The molecule has 0 radical (unpaired) electrons. The molecule has 0 aromatic rings. The van der Waals surface area contributed by atoms with Gasteiger partial charge >= 0.3 is 16.4 Å². The standard InChI is InChI=1S/C12H20N4O7S/c1-13-8-3-5-10(8)22-14-11(17)9-4-2-7-6-15(9)12(18)16(7)23-24(19,20)21/h7-10,13H,2-6H2,1H3,(H,14,17)(H,19,20,21)/t7-,8?,9+,10?/m1/s1. The number of rotatable bonds is 6. The van der Waals surface area contributed by atoms with Gasteiger partial charge in [0.05, 0.1) is 6.04 Å². The van der Waals surface area contributed by atoms with Crippen molar-refractivity contribution in [1.82, 2.24) is 20.8 Å². The number of fused-ring (bicyclic) bond motifs is 2. The predicted octanol–water partition coefficient (Wildman–Crippen LogP) is -1.21. The van der Waals surface area contributed by atoms with Crippen LogP contribution in [-0.4, -0.2) is 72.7 Å². The zero-order chi connectivity index (χ0) is 17.5. The van der Waals surface area contributed by atoms with E-state index in [0.29, 0.717) is 17.9 Å². The van der Waals surface area contributed by atoms with Gasteiger partial charge in [-0.25, -0.2) is 10.3 Å². The number of likely N-dealkylation sites (N-methyl/N-ethyl adjacent to an activating group) is 1. The molecule has 3 amide bonds. The lowest BCUT2D eigenvalue weighted by Gasteiger charge is -2.36. The van der Waals surface area contributed by atoms with Gasteiger partial charge in [0.25, 0.3) is 5.91 Å². The average molecular weight is 364 g/mol. The Morgan fingerprint density at radius 2 is 2.04 bits per heavy atom. The molecular weight excluding hydrogens is 344 g/mol. The van der Waals surface area contributed by atoms with Crippen molar-refractivity contribution in [3.05, 3.63) is 0 Å². The molecule has 3 fully saturated rings. The third-order valence-electron chi connectivity index (χ3n) is 4.69. The van der Waals surface area contributed by atoms with Gasteiger partial charge in [0.2, 0.25) is 0 Å². The van der Waals surface area contributed by atoms with Crippen molar-refractivity contribution in [1.29, 1.82) is 0 Å². The third kappa shape index (κ3) is 3.32. The first-order valence-electron chi connectivity index (χ1n) is 7.69. The van der Waals surface area contributed by atoms with Gasteiger partial charge in [-0.05, 0) is 32.7 Å². The molecule has 0 aromatic heterocycles. The second-order valence-electron chi connectivity index (χ2n) is 6.11. The van der Waals surface area contributed by atoms with E-state index in [1.54, 1.807) is 0 Å². The summed E-state index contributed by atoms with van der Waals surface area (Å²) in [6.07, 6.45) is 2.41. The van der Waals surface area contributed by atoms with Gasteiger partial charge in [-0.3, -0.25) is 14.2 Å². The van der Waals surface area contributed by atoms with Gasteiger partial charge in [0, 0.05) is 12.6 Å². The van der Waals surface area contributed by atoms with E-state index in [4.69, 9.17) is 9.39 Å². The van der Waals surface area contributed by atoms with E-state index >= 15 is 0 Å². The van der Waals surface area contributed by atoms with Crippen molar-refractivity contribution in [3.63, 3.8) is 0 Å². The van der Waals surface area contributed by atoms with E-state index in [1.165, 1.54) is 4.90 Å². The molecule has 0 aromatic carbocycles. The topological polar surface area (TPSA) is 138 Å². The monoisotopic (exact) mass is 364 g/mol. The van der Waals surface area contributed by atoms with Crippen molar-refractivity contribution in [2.75, 3.05) is 13.6 Å². The van der Waals surface area contributed by atoms with Crippen LogP contribution in [0, 0.1) is 0 Å². The lowest BCUT2D eigenvalue weighted by molar-refractivity contribution is -0.150. The molecule has 3 N–H and O–H groups in total. The second-order valence-corrected chi connectivity index (χ2v) is 7.11. The number of piperidine rings is 1. The molecule has 2 bridgehead atoms. The van der Waals surface area contributed by atoms with Gasteiger partial charge in [-0.15, -0.1) is 4.28 Å². The van der Waals surface area contributed by atoms with Gasteiger partial charge in [-0.1, -0.05) is 0 Å². The molecule has 3 rings (SSSR count).